The van der Waals surface area contributed by atoms with E-state index >= 15 is 0 Å². The van der Waals surface area contributed by atoms with Gasteiger partial charge in [0.25, 0.3) is 11.6 Å². The molecule has 1 aliphatic rings. The van der Waals surface area contributed by atoms with Gasteiger partial charge in [-0.05, 0) is 12.1 Å². The maximum Gasteiger partial charge on any atom is 0.271 e. The molecule has 0 aromatic heterocycles. The first-order valence-corrected chi connectivity index (χ1v) is 8.15. The molecule has 1 aliphatic heterocycles. The highest BCUT2D eigenvalue weighted by atomic mass is 19.1. The summed E-state index contributed by atoms with van der Waals surface area (Å²) in [7, 11) is 0. The van der Waals surface area contributed by atoms with Gasteiger partial charge in [0.05, 0.1) is 16.7 Å². The van der Waals surface area contributed by atoms with Crippen LogP contribution in [0.15, 0.2) is 36.4 Å². The molecular formula is C18H12F2N4O5. The number of nitrogens with one attached hydrogen (secondary N) is 1. The van der Waals surface area contributed by atoms with Crippen LogP contribution >= 0.6 is 0 Å². The molecule has 0 fully saturated rings. The topological polar surface area (TPSA) is 126 Å². The van der Waals surface area contributed by atoms with Crippen LogP contribution in [0.4, 0.5) is 20.2 Å². The number of carbonyl (C=O) groups is 2. The van der Waals surface area contributed by atoms with Gasteiger partial charge in [-0.3, -0.25) is 24.6 Å². The van der Waals surface area contributed by atoms with Crippen molar-refractivity contribution in [2.75, 3.05) is 18.1 Å². The maximum absolute atomic E-state index is 13.9. The highest BCUT2D eigenvalue weighted by Crippen LogP contribution is 2.35. The van der Waals surface area contributed by atoms with Crippen molar-refractivity contribution in [2.45, 2.75) is 6.04 Å². The Kier molecular flexibility index (Phi) is 5.36. The second kappa shape index (κ2) is 7.89. The number of fused-ring (bicyclic) bond motifs is 1. The van der Waals surface area contributed by atoms with Gasteiger partial charge in [-0.1, -0.05) is 6.07 Å². The predicted octanol–water partition coefficient (Wildman–Crippen LogP) is 1.98. The number of benzene rings is 2. The van der Waals surface area contributed by atoms with Crippen molar-refractivity contribution in [3.8, 4) is 11.8 Å². The van der Waals surface area contributed by atoms with E-state index in [1.54, 1.807) is 6.07 Å². The van der Waals surface area contributed by atoms with Crippen molar-refractivity contribution in [1.82, 2.24) is 5.32 Å². The molecular weight excluding hydrogens is 390 g/mol. The Bertz CT molecular complexity index is 1050. The lowest BCUT2D eigenvalue weighted by Crippen LogP contribution is -2.45. The van der Waals surface area contributed by atoms with Crippen LogP contribution in [0.3, 0.4) is 0 Å². The lowest BCUT2D eigenvalue weighted by Gasteiger charge is -2.28. The van der Waals surface area contributed by atoms with Crippen LogP contribution in [0.5, 0.6) is 5.75 Å². The molecule has 0 radical (unpaired) electrons. The normalized spacial score (nSPS) is 13.7. The van der Waals surface area contributed by atoms with Gasteiger partial charge in [0.2, 0.25) is 5.91 Å². The van der Waals surface area contributed by atoms with Crippen LogP contribution in [0.1, 0.15) is 11.6 Å². The summed E-state index contributed by atoms with van der Waals surface area (Å²) in [4.78, 5) is 35.8. The van der Waals surface area contributed by atoms with Crippen molar-refractivity contribution in [1.29, 1.82) is 5.26 Å². The number of non-ortho nitro benzene ring substituents is 1. The number of ether oxygens (including phenoxy) is 1. The van der Waals surface area contributed by atoms with Gasteiger partial charge in [0.1, 0.15) is 30.0 Å². The van der Waals surface area contributed by atoms with Crippen molar-refractivity contribution in [3.05, 3.63) is 63.7 Å². The molecule has 0 bridgehead atoms. The molecule has 9 nitrogen and oxygen atoms in total. The maximum atomic E-state index is 13.9. The minimum absolute atomic E-state index is 0.0204. The average Bonchev–Trinajstić information content (AvgIpc) is 2.68. The van der Waals surface area contributed by atoms with Gasteiger partial charge in [-0.25, -0.2) is 8.78 Å². The van der Waals surface area contributed by atoms with E-state index in [1.165, 1.54) is 12.1 Å². The number of carbonyl (C=O) groups excluding carboxylic acids is 2. The third kappa shape index (κ3) is 4.11. The summed E-state index contributed by atoms with van der Waals surface area (Å²) in [6.07, 6.45) is 0. The lowest BCUT2D eigenvalue weighted by molar-refractivity contribution is -0.384. The van der Waals surface area contributed by atoms with Crippen LogP contribution in [0.25, 0.3) is 0 Å². The van der Waals surface area contributed by atoms with Crippen LogP contribution in [0.2, 0.25) is 0 Å². The number of halogens is 2. The monoisotopic (exact) mass is 402 g/mol. The van der Waals surface area contributed by atoms with Crippen molar-refractivity contribution in [3.63, 3.8) is 0 Å². The molecule has 1 heterocycles. The summed E-state index contributed by atoms with van der Waals surface area (Å²) in [6, 6.07) is 6.38. The summed E-state index contributed by atoms with van der Waals surface area (Å²) in [5, 5.41) is 22.5. The van der Waals surface area contributed by atoms with Gasteiger partial charge in [0, 0.05) is 23.8 Å². The number of amides is 2. The molecule has 0 saturated heterocycles. The number of nitro benzene ring substituents is 1. The van der Waals surface area contributed by atoms with Gasteiger partial charge in [0.15, 0.2) is 6.61 Å². The number of hydrogen-bond acceptors (Lipinski definition) is 6. The molecule has 2 amide bonds. The number of anilines is 1. The fourth-order valence-corrected chi connectivity index (χ4v) is 2.74. The molecule has 2 aromatic rings. The SMILES string of the molecule is N#CC(NC(=O)CN1C(=O)COc2ccc([N+](=O)[O-])cc21)c1ccc(F)cc1F. The summed E-state index contributed by atoms with van der Waals surface area (Å²) in [5.41, 5.74) is -0.533. The van der Waals surface area contributed by atoms with E-state index in [2.05, 4.69) is 5.32 Å². The van der Waals surface area contributed by atoms with Crippen LogP contribution in [-0.2, 0) is 9.59 Å². The molecule has 148 valence electrons. The van der Waals surface area contributed by atoms with E-state index in [1.807, 2.05) is 0 Å². The minimum atomic E-state index is -1.43. The summed E-state index contributed by atoms with van der Waals surface area (Å²) in [6.45, 7) is -0.969. The molecule has 11 heteroatoms. The lowest BCUT2D eigenvalue weighted by atomic mass is 10.1. The highest BCUT2D eigenvalue weighted by molar-refractivity contribution is 6.02. The summed E-state index contributed by atoms with van der Waals surface area (Å²) >= 11 is 0. The van der Waals surface area contributed by atoms with Crippen molar-refractivity contribution < 1.29 is 28.0 Å². The average molecular weight is 402 g/mol. The minimum Gasteiger partial charge on any atom is -0.482 e. The van der Waals surface area contributed by atoms with Gasteiger partial charge in [-0.15, -0.1) is 0 Å². The van der Waals surface area contributed by atoms with Crippen LogP contribution in [-0.4, -0.2) is 29.9 Å². The molecule has 2 aromatic carbocycles. The standard InChI is InChI=1S/C18H12F2N4O5/c19-10-1-3-12(13(20)5-10)14(7-21)22-17(25)8-23-15-6-11(24(27)28)2-4-16(15)29-9-18(23)26/h1-6,14H,8-9H2,(H,22,25). The number of hydrogen-bond donors (Lipinski definition) is 1. The predicted molar refractivity (Wildman–Crippen MR) is 93.8 cm³/mol. The van der Waals surface area contributed by atoms with Crippen molar-refractivity contribution in [2.24, 2.45) is 0 Å². The zero-order valence-electron chi connectivity index (χ0n) is 14.6. The second-order valence-electron chi connectivity index (χ2n) is 5.97. The van der Waals surface area contributed by atoms with Gasteiger partial charge in [-0.2, -0.15) is 5.26 Å². The summed E-state index contributed by atoms with van der Waals surface area (Å²) < 4.78 is 32.1. The first-order valence-electron chi connectivity index (χ1n) is 8.15. The van der Waals surface area contributed by atoms with Gasteiger partial charge < -0.3 is 10.1 Å². The van der Waals surface area contributed by atoms with Crippen LogP contribution in [0, 0.1) is 33.1 Å². The first-order chi connectivity index (χ1) is 13.8. The molecule has 0 saturated carbocycles. The van der Waals surface area contributed by atoms with Crippen LogP contribution < -0.4 is 15.0 Å². The Hall–Kier alpha value is -4.07. The Balaban J connectivity index is 1.81. The molecule has 0 spiro atoms. The second-order valence-corrected chi connectivity index (χ2v) is 5.97. The Labute approximate surface area is 162 Å². The fourth-order valence-electron chi connectivity index (χ4n) is 2.74. The number of nitro groups is 1. The van der Waals surface area contributed by atoms with E-state index in [-0.39, 0.29) is 29.3 Å². The van der Waals surface area contributed by atoms with E-state index in [0.717, 1.165) is 23.1 Å². The molecule has 0 aliphatic carbocycles. The number of nitriles is 1. The molecule has 3 rings (SSSR count). The summed E-state index contributed by atoms with van der Waals surface area (Å²) in [5.74, 6) is -3.14. The first kappa shape index (κ1) is 19.7. The quantitative estimate of drug-likeness (QED) is 0.602. The Morgan fingerprint density at radius 2 is 2.10 bits per heavy atom. The Morgan fingerprint density at radius 3 is 2.76 bits per heavy atom. The third-order valence-electron chi connectivity index (χ3n) is 4.11. The zero-order chi connectivity index (χ0) is 21.1. The van der Waals surface area contributed by atoms with E-state index in [4.69, 9.17) is 4.74 Å². The van der Waals surface area contributed by atoms with E-state index in [9.17, 15) is 33.7 Å². The van der Waals surface area contributed by atoms with Gasteiger partial charge >= 0.3 is 0 Å². The highest BCUT2D eigenvalue weighted by Gasteiger charge is 2.30. The van der Waals surface area contributed by atoms with E-state index in [0.29, 0.717) is 6.07 Å². The Morgan fingerprint density at radius 1 is 1.34 bits per heavy atom. The molecule has 1 unspecified atom stereocenters. The van der Waals surface area contributed by atoms with E-state index < -0.39 is 41.0 Å². The number of rotatable bonds is 5. The molecule has 1 N–H and O–H groups in total. The third-order valence-corrected chi connectivity index (χ3v) is 4.11. The molecule has 1 atom stereocenters. The molecule has 29 heavy (non-hydrogen) atoms. The fraction of sp³-hybridized carbons (Fsp3) is 0.167. The zero-order valence-corrected chi connectivity index (χ0v) is 14.6. The number of nitrogens with zero attached hydrogens (tertiary/aromatic N) is 3. The smallest absolute Gasteiger partial charge is 0.271 e. The largest absolute Gasteiger partial charge is 0.482 e. The van der Waals surface area contributed by atoms with Crippen molar-refractivity contribution >= 4 is 23.2 Å².